The van der Waals surface area contributed by atoms with Crippen LogP contribution >= 0.6 is 11.6 Å². The number of esters is 1. The maximum Gasteiger partial charge on any atom is 0.306 e. The van der Waals surface area contributed by atoms with Gasteiger partial charge >= 0.3 is 5.97 Å². The van der Waals surface area contributed by atoms with Crippen molar-refractivity contribution in [2.75, 3.05) is 5.88 Å². The van der Waals surface area contributed by atoms with E-state index >= 15 is 0 Å². The van der Waals surface area contributed by atoms with Crippen molar-refractivity contribution in [3.63, 3.8) is 0 Å². The predicted octanol–water partition coefficient (Wildman–Crippen LogP) is 3.99. The highest BCUT2D eigenvalue weighted by atomic mass is 35.5. The summed E-state index contributed by atoms with van der Waals surface area (Å²) in [6, 6.07) is 0. The number of aliphatic hydroxyl groups is 1. The van der Waals surface area contributed by atoms with Gasteiger partial charge in [-0.05, 0) is 67.8 Å². The molecule has 4 aliphatic carbocycles. The molecule has 4 rings (SSSR count). The first-order valence-electron chi connectivity index (χ1n) is 11.4. The van der Waals surface area contributed by atoms with E-state index in [9.17, 15) is 19.5 Å². The molecule has 0 radical (unpaired) electrons. The van der Waals surface area contributed by atoms with E-state index in [1.807, 2.05) is 13.0 Å². The molecule has 3 fully saturated rings. The number of ether oxygens (including phenoxy) is 1. The Kier molecular flexibility index (Phi) is 5.46. The molecule has 0 spiro atoms. The summed E-state index contributed by atoms with van der Waals surface area (Å²) >= 11 is 6.00. The summed E-state index contributed by atoms with van der Waals surface area (Å²) in [6.07, 6.45) is 6.13. The third kappa shape index (κ3) is 2.87. The van der Waals surface area contributed by atoms with Gasteiger partial charge < -0.3 is 9.84 Å². The average Bonchev–Trinajstić information content (AvgIpc) is 3.00. The smallest absolute Gasteiger partial charge is 0.306 e. The van der Waals surface area contributed by atoms with Gasteiger partial charge in [0.15, 0.2) is 17.2 Å². The van der Waals surface area contributed by atoms with Crippen molar-refractivity contribution in [1.29, 1.82) is 0 Å². The number of ketones is 2. The van der Waals surface area contributed by atoms with Crippen LogP contribution in [0.4, 0.5) is 0 Å². The molecule has 30 heavy (non-hydrogen) atoms. The number of hydrogen-bond acceptors (Lipinski definition) is 5. The summed E-state index contributed by atoms with van der Waals surface area (Å²) in [5, 5.41) is 11.5. The van der Waals surface area contributed by atoms with Gasteiger partial charge in [-0.25, -0.2) is 0 Å². The fourth-order valence-electron chi connectivity index (χ4n) is 7.73. The molecule has 4 aliphatic rings. The zero-order valence-corrected chi connectivity index (χ0v) is 19.0. The zero-order valence-electron chi connectivity index (χ0n) is 18.2. The summed E-state index contributed by atoms with van der Waals surface area (Å²) in [5.41, 5.74) is -0.884. The lowest BCUT2D eigenvalue weighted by Crippen LogP contribution is -2.63. The monoisotopic (exact) mass is 436 g/mol. The first kappa shape index (κ1) is 22.0. The molecule has 1 N–H and O–H groups in total. The average molecular weight is 437 g/mol. The van der Waals surface area contributed by atoms with Gasteiger partial charge in [0, 0.05) is 18.3 Å². The van der Waals surface area contributed by atoms with Gasteiger partial charge in [-0.3, -0.25) is 14.4 Å². The minimum atomic E-state index is -1.25. The van der Waals surface area contributed by atoms with Gasteiger partial charge in [-0.2, -0.15) is 0 Å². The third-order valence-corrected chi connectivity index (χ3v) is 9.41. The Labute approximate surface area is 183 Å². The summed E-state index contributed by atoms with van der Waals surface area (Å²) < 4.78 is 5.91. The number of Topliss-reactive ketones (excluding diaryl/α,β-unsaturated/α-hetero) is 1. The highest BCUT2D eigenvalue weighted by Gasteiger charge is 2.70. The quantitative estimate of drug-likeness (QED) is 0.532. The van der Waals surface area contributed by atoms with Gasteiger partial charge in [0.1, 0.15) is 0 Å². The molecule has 0 aromatic carbocycles. The van der Waals surface area contributed by atoms with Crippen molar-refractivity contribution in [2.24, 2.45) is 28.6 Å². The summed E-state index contributed by atoms with van der Waals surface area (Å²) in [5.74, 6) is -0.164. The Morgan fingerprint density at radius 3 is 2.63 bits per heavy atom. The molecule has 0 aromatic heterocycles. The lowest BCUT2D eigenvalue weighted by molar-refractivity contribution is -0.199. The molecule has 3 saturated carbocycles. The SMILES string of the molecule is CCC(=O)O[C@]1(C(=O)CCl)CC[C@H]2[C@@H]3CCC4=CC(=O)CC[C@]4(C)[C@H]3[C@@H](O)C[C@@]21C. The maximum atomic E-state index is 13.1. The van der Waals surface area contributed by atoms with Gasteiger partial charge in [-0.1, -0.05) is 26.3 Å². The van der Waals surface area contributed by atoms with E-state index in [1.54, 1.807) is 6.92 Å². The molecule has 5 nitrogen and oxygen atoms in total. The molecule has 7 atom stereocenters. The first-order chi connectivity index (χ1) is 14.1. The van der Waals surface area contributed by atoms with E-state index in [0.29, 0.717) is 19.3 Å². The third-order valence-electron chi connectivity index (χ3n) is 9.16. The number of aliphatic hydroxyl groups excluding tert-OH is 1. The summed E-state index contributed by atoms with van der Waals surface area (Å²) in [6.45, 7) is 5.95. The Morgan fingerprint density at radius 1 is 1.23 bits per heavy atom. The van der Waals surface area contributed by atoms with Gasteiger partial charge in [0.05, 0.1) is 12.0 Å². The number of carbonyl (C=O) groups is 3. The van der Waals surface area contributed by atoms with Crippen molar-refractivity contribution in [2.45, 2.75) is 83.8 Å². The van der Waals surface area contributed by atoms with Crippen LogP contribution in [0.5, 0.6) is 0 Å². The number of carbonyl (C=O) groups excluding carboxylic acids is 3. The van der Waals surface area contributed by atoms with E-state index in [-0.39, 0.29) is 47.0 Å². The molecular weight excluding hydrogens is 404 g/mol. The number of rotatable bonds is 4. The number of halogens is 1. The molecule has 166 valence electrons. The molecular formula is C24H33ClO5. The van der Waals surface area contributed by atoms with Crippen molar-refractivity contribution < 1.29 is 24.2 Å². The van der Waals surface area contributed by atoms with Crippen LogP contribution in [0.1, 0.15) is 72.1 Å². The molecule has 6 heteroatoms. The lowest BCUT2D eigenvalue weighted by atomic mass is 9.45. The topological polar surface area (TPSA) is 80.7 Å². The molecule has 0 aliphatic heterocycles. The minimum absolute atomic E-state index is 0.0625. The van der Waals surface area contributed by atoms with Crippen molar-refractivity contribution in [3.8, 4) is 0 Å². The van der Waals surface area contributed by atoms with E-state index in [1.165, 1.54) is 5.57 Å². The Hall–Kier alpha value is -1.20. The fourth-order valence-corrected chi connectivity index (χ4v) is 7.95. The second-order valence-electron chi connectivity index (χ2n) is 10.3. The largest absolute Gasteiger partial charge is 0.450 e. The van der Waals surface area contributed by atoms with Crippen molar-refractivity contribution in [3.05, 3.63) is 11.6 Å². The van der Waals surface area contributed by atoms with Crippen LogP contribution in [0.3, 0.4) is 0 Å². The fraction of sp³-hybridized carbons (Fsp3) is 0.792. The van der Waals surface area contributed by atoms with Gasteiger partial charge in [0.25, 0.3) is 0 Å². The zero-order chi connectivity index (χ0) is 21.9. The van der Waals surface area contributed by atoms with Crippen LogP contribution < -0.4 is 0 Å². The van der Waals surface area contributed by atoms with Crippen LogP contribution in [0.25, 0.3) is 0 Å². The van der Waals surface area contributed by atoms with Gasteiger partial charge in [-0.15, -0.1) is 11.6 Å². The van der Waals surface area contributed by atoms with Crippen molar-refractivity contribution >= 4 is 29.1 Å². The Bertz CT molecular complexity index is 805. The van der Waals surface area contributed by atoms with Crippen LogP contribution in [0.15, 0.2) is 11.6 Å². The second-order valence-corrected chi connectivity index (χ2v) is 10.6. The van der Waals surface area contributed by atoms with Gasteiger partial charge in [0.2, 0.25) is 0 Å². The van der Waals surface area contributed by atoms with E-state index in [4.69, 9.17) is 16.3 Å². The first-order valence-corrected chi connectivity index (χ1v) is 11.9. The van der Waals surface area contributed by atoms with Crippen LogP contribution in [0, 0.1) is 28.6 Å². The predicted molar refractivity (Wildman–Crippen MR) is 113 cm³/mol. The normalized spacial score (nSPS) is 45.1. The Balaban J connectivity index is 1.75. The summed E-state index contributed by atoms with van der Waals surface area (Å²) in [4.78, 5) is 37.5. The molecule has 0 bridgehead atoms. The lowest BCUT2D eigenvalue weighted by Gasteiger charge is -2.60. The number of allylic oxidation sites excluding steroid dienone is 1. The van der Waals surface area contributed by atoms with E-state index in [2.05, 4.69) is 6.92 Å². The molecule has 0 aromatic rings. The van der Waals surface area contributed by atoms with Crippen LogP contribution in [-0.2, 0) is 19.1 Å². The van der Waals surface area contributed by atoms with Crippen molar-refractivity contribution in [1.82, 2.24) is 0 Å². The van der Waals surface area contributed by atoms with E-state index in [0.717, 1.165) is 25.7 Å². The number of alkyl halides is 1. The molecule has 0 heterocycles. The minimum Gasteiger partial charge on any atom is -0.450 e. The molecule has 0 saturated heterocycles. The van der Waals surface area contributed by atoms with Crippen LogP contribution in [0.2, 0.25) is 0 Å². The van der Waals surface area contributed by atoms with E-state index < -0.39 is 23.1 Å². The highest BCUT2D eigenvalue weighted by Crippen LogP contribution is 2.68. The van der Waals surface area contributed by atoms with Crippen LogP contribution in [-0.4, -0.2) is 40.2 Å². The molecule has 0 unspecified atom stereocenters. The second kappa shape index (κ2) is 7.44. The summed E-state index contributed by atoms with van der Waals surface area (Å²) in [7, 11) is 0. The highest BCUT2D eigenvalue weighted by molar-refractivity contribution is 6.29. The number of fused-ring (bicyclic) bond motifs is 5. The standard InChI is InChI=1S/C24H33ClO5/c1-4-20(29)30-24(19(28)13-25)10-8-17-16-6-5-14-11-15(26)7-9-22(14,2)21(16)18(27)12-23(17,24)3/h11,16-18,21,27H,4-10,12-13H2,1-3H3/t16-,17-,18-,21+,22-,23-,24-/m0/s1. The molecule has 0 amide bonds. The Morgan fingerprint density at radius 2 is 1.97 bits per heavy atom. The maximum absolute atomic E-state index is 13.1. The number of hydrogen-bond donors (Lipinski definition) is 1.